The van der Waals surface area contributed by atoms with Crippen molar-refractivity contribution < 1.29 is 22.7 Å². The summed E-state index contributed by atoms with van der Waals surface area (Å²) in [6, 6.07) is 9.75. The number of aromatic nitrogens is 1. The van der Waals surface area contributed by atoms with E-state index < -0.39 is 10.0 Å². The molecule has 2 rings (SSSR count). The van der Waals surface area contributed by atoms with Gasteiger partial charge in [0.25, 0.3) is 0 Å². The third kappa shape index (κ3) is 9.97. The molecule has 176 valence electrons. The number of hydrogen-bond donors (Lipinski definition) is 1. The van der Waals surface area contributed by atoms with Crippen LogP contribution in [0.2, 0.25) is 5.02 Å². The highest BCUT2D eigenvalue weighted by Crippen LogP contribution is 2.20. The first-order valence-corrected chi connectivity index (χ1v) is 12.7. The summed E-state index contributed by atoms with van der Waals surface area (Å²) in [5, 5.41) is 0.491. The number of benzene rings is 1. The van der Waals surface area contributed by atoms with E-state index >= 15 is 0 Å². The fraction of sp³-hybridized carbons (Fsp3) is 0.478. The lowest BCUT2D eigenvalue weighted by atomic mass is 9.93. The molecule has 0 radical (unpaired) electrons. The quantitative estimate of drug-likeness (QED) is 0.294. The maximum absolute atomic E-state index is 12.3. The number of carbonyl (C=O) groups excluding carboxylic acids is 1. The number of nitrogens with zero attached hydrogens (tertiary/aromatic N) is 1. The molecular formula is C23H31ClN2O5S. The summed E-state index contributed by atoms with van der Waals surface area (Å²) in [6.45, 7) is 3.05. The lowest BCUT2D eigenvalue weighted by Gasteiger charge is -2.17. The number of nitrogens with one attached hydrogen (secondary N) is 1. The first-order chi connectivity index (χ1) is 15.4. The second-order valence-electron chi connectivity index (χ2n) is 7.38. The molecule has 0 aliphatic heterocycles. The minimum absolute atomic E-state index is 0.193. The average Bonchev–Trinajstić information content (AvgIpc) is 2.78. The van der Waals surface area contributed by atoms with Crippen LogP contribution in [0, 0.1) is 5.92 Å². The molecule has 0 aliphatic carbocycles. The van der Waals surface area contributed by atoms with Crippen LogP contribution < -0.4 is 9.46 Å². The number of unbranched alkanes of at least 4 members (excludes halogenated alkanes) is 1. The molecule has 1 heterocycles. The predicted molar refractivity (Wildman–Crippen MR) is 124 cm³/mol. The molecule has 0 saturated heterocycles. The van der Waals surface area contributed by atoms with Crippen LogP contribution in [0.3, 0.4) is 0 Å². The lowest BCUT2D eigenvalue weighted by Crippen LogP contribution is -2.24. The van der Waals surface area contributed by atoms with Gasteiger partial charge in [0.05, 0.1) is 24.3 Å². The molecule has 1 aromatic carbocycles. The predicted octanol–water partition coefficient (Wildman–Crippen LogP) is 4.61. The van der Waals surface area contributed by atoms with Gasteiger partial charge in [-0.15, -0.1) is 0 Å². The number of sulfonamides is 1. The van der Waals surface area contributed by atoms with E-state index in [0.717, 1.165) is 19.3 Å². The number of esters is 1. The summed E-state index contributed by atoms with van der Waals surface area (Å²) in [5.74, 6) is 0.804. The molecule has 1 atom stereocenters. The Morgan fingerprint density at radius 1 is 1.12 bits per heavy atom. The Hall–Kier alpha value is -2.16. The van der Waals surface area contributed by atoms with Crippen molar-refractivity contribution in [3.05, 3.63) is 53.8 Å². The topological polar surface area (TPSA) is 94.6 Å². The van der Waals surface area contributed by atoms with Gasteiger partial charge >= 0.3 is 5.97 Å². The van der Waals surface area contributed by atoms with Gasteiger partial charge in [0.15, 0.2) is 0 Å². The molecule has 32 heavy (non-hydrogen) atoms. The number of halogens is 1. The number of carbonyl (C=O) groups is 1. The Balaban J connectivity index is 1.76. The van der Waals surface area contributed by atoms with Crippen molar-refractivity contribution in [1.82, 2.24) is 9.71 Å². The number of rotatable bonds is 15. The van der Waals surface area contributed by atoms with Crippen LogP contribution in [-0.2, 0) is 19.6 Å². The van der Waals surface area contributed by atoms with Gasteiger partial charge in [0.2, 0.25) is 10.0 Å². The Morgan fingerprint density at radius 3 is 2.59 bits per heavy atom. The van der Waals surface area contributed by atoms with Crippen LogP contribution in [0.15, 0.2) is 53.7 Å². The van der Waals surface area contributed by atoms with E-state index in [4.69, 9.17) is 21.1 Å². The first-order valence-electron chi connectivity index (χ1n) is 10.8. The summed E-state index contributed by atoms with van der Waals surface area (Å²) in [6.07, 6.45) is 7.65. The maximum atomic E-state index is 12.3. The second kappa shape index (κ2) is 14.1. The fourth-order valence-electron chi connectivity index (χ4n) is 3.23. The van der Waals surface area contributed by atoms with Gasteiger partial charge in [0, 0.05) is 24.2 Å². The summed E-state index contributed by atoms with van der Waals surface area (Å²) in [4.78, 5) is 16.0. The molecule has 9 heteroatoms. The van der Waals surface area contributed by atoms with Gasteiger partial charge in [-0.25, -0.2) is 13.1 Å². The standard InChI is InChI=1S/C23H31ClN2O5S/c1-2-30-23(27)13-8-19(14-17-31-21-7-5-15-25-18-21)6-3-4-16-26-32(28,29)22-11-9-20(24)10-12-22/h5,7,9-12,15,18-19,26H,2-4,6,8,13-14,16-17H2,1H3. The minimum atomic E-state index is -3.55. The molecule has 0 aliphatic rings. The number of hydrogen-bond acceptors (Lipinski definition) is 6. The molecule has 0 saturated carbocycles. The molecule has 0 amide bonds. The number of pyridine rings is 1. The Bertz CT molecular complexity index is 908. The van der Waals surface area contributed by atoms with Crippen LogP contribution in [0.4, 0.5) is 0 Å². The zero-order valence-electron chi connectivity index (χ0n) is 18.3. The van der Waals surface area contributed by atoms with E-state index in [1.807, 2.05) is 12.1 Å². The normalized spacial score (nSPS) is 12.3. The van der Waals surface area contributed by atoms with Crippen molar-refractivity contribution in [1.29, 1.82) is 0 Å². The second-order valence-corrected chi connectivity index (χ2v) is 9.59. The molecular weight excluding hydrogens is 452 g/mol. The van der Waals surface area contributed by atoms with Crippen LogP contribution in [0.5, 0.6) is 5.75 Å². The fourth-order valence-corrected chi connectivity index (χ4v) is 4.43. The van der Waals surface area contributed by atoms with Crippen LogP contribution in [0.1, 0.15) is 45.4 Å². The molecule has 2 aromatic rings. The van der Waals surface area contributed by atoms with E-state index in [1.165, 1.54) is 12.1 Å². The van der Waals surface area contributed by atoms with Crippen LogP contribution in [0.25, 0.3) is 0 Å². The lowest BCUT2D eigenvalue weighted by molar-refractivity contribution is -0.143. The SMILES string of the molecule is CCOC(=O)CCC(CCCCNS(=O)(=O)c1ccc(Cl)cc1)CCOc1cccnc1. The van der Waals surface area contributed by atoms with Crippen molar-refractivity contribution in [3.63, 3.8) is 0 Å². The van der Waals surface area contributed by atoms with Crippen LogP contribution >= 0.6 is 11.6 Å². The summed E-state index contributed by atoms with van der Waals surface area (Å²) < 4.78 is 38.1. The molecule has 1 unspecified atom stereocenters. The highest BCUT2D eigenvalue weighted by molar-refractivity contribution is 7.89. The third-order valence-electron chi connectivity index (χ3n) is 4.95. The molecule has 7 nitrogen and oxygen atoms in total. The van der Waals surface area contributed by atoms with Gasteiger partial charge in [-0.2, -0.15) is 0 Å². The summed E-state index contributed by atoms with van der Waals surface area (Å²) in [5.41, 5.74) is 0. The van der Waals surface area contributed by atoms with Gasteiger partial charge in [-0.3, -0.25) is 9.78 Å². The van der Waals surface area contributed by atoms with Gasteiger partial charge < -0.3 is 9.47 Å². The van der Waals surface area contributed by atoms with Crippen molar-refractivity contribution >= 4 is 27.6 Å². The summed E-state index contributed by atoms with van der Waals surface area (Å²) in [7, 11) is -3.55. The van der Waals surface area contributed by atoms with Gasteiger partial charge in [-0.1, -0.05) is 24.4 Å². The highest BCUT2D eigenvalue weighted by atomic mass is 35.5. The zero-order chi connectivity index (χ0) is 23.2. The molecule has 0 fully saturated rings. The van der Waals surface area contributed by atoms with Crippen molar-refractivity contribution in [3.8, 4) is 5.75 Å². The van der Waals surface area contributed by atoms with Gasteiger partial charge in [-0.05, 0) is 68.5 Å². The zero-order valence-corrected chi connectivity index (χ0v) is 19.9. The molecule has 0 spiro atoms. The largest absolute Gasteiger partial charge is 0.492 e. The van der Waals surface area contributed by atoms with Crippen molar-refractivity contribution in [2.45, 2.75) is 50.3 Å². The maximum Gasteiger partial charge on any atom is 0.305 e. The monoisotopic (exact) mass is 482 g/mol. The van der Waals surface area contributed by atoms with E-state index in [2.05, 4.69) is 9.71 Å². The third-order valence-corrected chi connectivity index (χ3v) is 6.68. The minimum Gasteiger partial charge on any atom is -0.492 e. The molecule has 1 aromatic heterocycles. The average molecular weight is 483 g/mol. The molecule has 0 bridgehead atoms. The summed E-state index contributed by atoms with van der Waals surface area (Å²) >= 11 is 5.81. The van der Waals surface area contributed by atoms with Crippen molar-refractivity contribution in [2.24, 2.45) is 5.92 Å². The molecule has 1 N–H and O–H groups in total. The van der Waals surface area contributed by atoms with Crippen LogP contribution in [-0.4, -0.2) is 39.1 Å². The Labute approximate surface area is 195 Å². The smallest absolute Gasteiger partial charge is 0.305 e. The van der Waals surface area contributed by atoms with E-state index in [-0.39, 0.29) is 16.8 Å². The van der Waals surface area contributed by atoms with E-state index in [0.29, 0.717) is 49.8 Å². The van der Waals surface area contributed by atoms with Gasteiger partial charge in [0.1, 0.15) is 5.75 Å². The van der Waals surface area contributed by atoms with Crippen molar-refractivity contribution in [2.75, 3.05) is 19.8 Å². The van der Waals surface area contributed by atoms with E-state index in [9.17, 15) is 13.2 Å². The highest BCUT2D eigenvalue weighted by Gasteiger charge is 2.15. The van der Waals surface area contributed by atoms with E-state index in [1.54, 1.807) is 31.5 Å². The Morgan fingerprint density at radius 2 is 1.91 bits per heavy atom. The first kappa shape index (κ1) is 26.1. The number of ether oxygens (including phenoxy) is 2. The Kier molecular flexibility index (Phi) is 11.5.